The molecule has 0 saturated carbocycles. The van der Waals surface area contributed by atoms with Crippen molar-refractivity contribution in [2.75, 3.05) is 30.9 Å². The predicted molar refractivity (Wildman–Crippen MR) is 106 cm³/mol. The predicted octanol–water partition coefficient (Wildman–Crippen LogP) is 0.987. The molecule has 27 heavy (non-hydrogen) atoms. The monoisotopic (exact) mass is 393 g/mol. The van der Waals surface area contributed by atoms with E-state index in [0.717, 1.165) is 5.01 Å². The number of hydrogen-bond donors (Lipinski definition) is 2. The summed E-state index contributed by atoms with van der Waals surface area (Å²) >= 11 is 1.47. The summed E-state index contributed by atoms with van der Waals surface area (Å²) in [5.74, 6) is -0.510. The zero-order valence-electron chi connectivity index (χ0n) is 15.5. The van der Waals surface area contributed by atoms with Gasteiger partial charge >= 0.3 is 5.69 Å². The number of methoxy groups -OCH3 is 1. The summed E-state index contributed by atoms with van der Waals surface area (Å²) in [4.78, 5) is 44.8. The Labute approximate surface area is 160 Å². The largest absolute Gasteiger partial charge is 0.383 e. The molecule has 0 unspecified atom stereocenters. The Balaban J connectivity index is 2.45. The van der Waals surface area contributed by atoms with E-state index in [9.17, 15) is 14.4 Å². The summed E-state index contributed by atoms with van der Waals surface area (Å²) in [6, 6.07) is 0. The van der Waals surface area contributed by atoms with Gasteiger partial charge in [0.2, 0.25) is 0 Å². The highest BCUT2D eigenvalue weighted by Gasteiger charge is 2.22. The highest BCUT2D eigenvalue weighted by molar-refractivity contribution is 7.09. The van der Waals surface area contributed by atoms with Crippen molar-refractivity contribution >= 4 is 34.8 Å². The fourth-order valence-corrected chi connectivity index (χ4v) is 3.08. The molecule has 2 rings (SSSR count). The molecule has 9 nitrogen and oxygen atoms in total. The smallest absolute Gasteiger partial charge is 0.330 e. The van der Waals surface area contributed by atoms with Crippen LogP contribution >= 0.6 is 11.3 Å². The number of amides is 1. The summed E-state index contributed by atoms with van der Waals surface area (Å²) in [7, 11) is 1.49. The number of aromatic nitrogens is 3. The van der Waals surface area contributed by atoms with Gasteiger partial charge in [-0.25, -0.2) is 9.78 Å². The first-order valence-electron chi connectivity index (χ1n) is 8.42. The van der Waals surface area contributed by atoms with Gasteiger partial charge < -0.3 is 10.5 Å². The molecule has 1 amide bonds. The number of aromatic amines is 1. The normalized spacial score (nSPS) is 11.2. The molecule has 0 atom stereocenters. The zero-order valence-corrected chi connectivity index (χ0v) is 16.3. The van der Waals surface area contributed by atoms with Crippen molar-refractivity contribution in [1.29, 1.82) is 0 Å². The lowest BCUT2D eigenvalue weighted by atomic mass is 10.3. The highest BCUT2D eigenvalue weighted by atomic mass is 32.1. The third-order valence-electron chi connectivity index (χ3n) is 3.75. The average molecular weight is 393 g/mol. The number of thiazole rings is 1. The van der Waals surface area contributed by atoms with Gasteiger partial charge in [-0.2, -0.15) is 0 Å². The number of H-pyrrole nitrogens is 1. The molecule has 2 aromatic rings. The van der Waals surface area contributed by atoms with E-state index in [4.69, 9.17) is 10.5 Å². The van der Waals surface area contributed by atoms with Crippen molar-refractivity contribution in [2.24, 2.45) is 0 Å². The fourth-order valence-electron chi connectivity index (χ4n) is 2.50. The molecule has 0 bridgehead atoms. The van der Waals surface area contributed by atoms with Crippen LogP contribution in [0.3, 0.4) is 0 Å². The van der Waals surface area contributed by atoms with E-state index in [0.29, 0.717) is 18.7 Å². The number of rotatable bonds is 8. The van der Waals surface area contributed by atoms with Gasteiger partial charge in [-0.05, 0) is 19.4 Å². The van der Waals surface area contributed by atoms with Crippen LogP contribution in [0.2, 0.25) is 0 Å². The van der Waals surface area contributed by atoms with Gasteiger partial charge in [0, 0.05) is 31.7 Å². The number of nitrogens with one attached hydrogen (secondary N) is 1. The Morgan fingerprint density at radius 1 is 1.48 bits per heavy atom. The zero-order chi connectivity index (χ0) is 20.0. The van der Waals surface area contributed by atoms with Crippen LogP contribution in [0.5, 0.6) is 0 Å². The van der Waals surface area contributed by atoms with Crippen LogP contribution < -0.4 is 21.9 Å². The second kappa shape index (κ2) is 9.28. The van der Waals surface area contributed by atoms with Crippen LogP contribution in [-0.2, 0) is 16.1 Å². The van der Waals surface area contributed by atoms with Crippen molar-refractivity contribution in [2.45, 2.75) is 26.8 Å². The lowest BCUT2D eigenvalue weighted by molar-refractivity contribution is -0.114. The number of ether oxygens (including phenoxy) is 1. The molecule has 3 N–H and O–H groups in total. The molecule has 0 aromatic carbocycles. The standard InChI is InChI=1S/C17H23N5O4S/c1-4-7-22-15(18)14(16(24)20-17(22)25)21(8-9-26-3)13(23)6-5-12-10-27-11(2)19-12/h5-6,10H,4,7-9,18H2,1-3H3,(H,20,24,25)/b6-5+. The topological polar surface area (TPSA) is 123 Å². The van der Waals surface area contributed by atoms with Crippen LogP contribution in [0, 0.1) is 6.92 Å². The maximum Gasteiger partial charge on any atom is 0.330 e. The summed E-state index contributed by atoms with van der Waals surface area (Å²) in [6.07, 6.45) is 3.53. The maximum absolute atomic E-state index is 12.8. The number of nitrogens with two attached hydrogens (primary N) is 1. The Morgan fingerprint density at radius 2 is 2.22 bits per heavy atom. The number of hydrogen-bond acceptors (Lipinski definition) is 7. The Hall–Kier alpha value is -2.72. The molecule has 0 aliphatic carbocycles. The molecular formula is C17H23N5O4S. The quantitative estimate of drug-likeness (QED) is 0.645. The van der Waals surface area contributed by atoms with Crippen LogP contribution in [0.15, 0.2) is 21.0 Å². The molecule has 2 aromatic heterocycles. The van der Waals surface area contributed by atoms with Gasteiger partial charge in [-0.3, -0.25) is 24.0 Å². The molecule has 0 aliphatic rings. The molecular weight excluding hydrogens is 370 g/mol. The summed E-state index contributed by atoms with van der Waals surface area (Å²) in [5, 5.41) is 2.70. The molecule has 146 valence electrons. The van der Waals surface area contributed by atoms with Crippen LogP contribution in [-0.4, -0.2) is 40.7 Å². The third-order valence-corrected chi connectivity index (χ3v) is 4.54. The maximum atomic E-state index is 12.8. The molecule has 0 fully saturated rings. The molecule has 10 heteroatoms. The van der Waals surface area contributed by atoms with Gasteiger partial charge in [0.1, 0.15) is 5.82 Å². The van der Waals surface area contributed by atoms with Gasteiger partial charge in [0.15, 0.2) is 5.69 Å². The van der Waals surface area contributed by atoms with Crippen LogP contribution in [0.1, 0.15) is 24.0 Å². The minimum absolute atomic E-state index is 0.0482. The van der Waals surface area contributed by atoms with E-state index >= 15 is 0 Å². The highest BCUT2D eigenvalue weighted by Crippen LogP contribution is 2.18. The minimum atomic E-state index is -0.716. The van der Waals surface area contributed by atoms with Gasteiger partial charge in [-0.15, -0.1) is 11.3 Å². The third kappa shape index (κ3) is 4.92. The van der Waals surface area contributed by atoms with Crippen molar-refractivity contribution in [3.05, 3.63) is 43.0 Å². The molecule has 0 saturated heterocycles. The second-order valence-electron chi connectivity index (χ2n) is 5.75. The van der Waals surface area contributed by atoms with E-state index in [1.54, 1.807) is 6.08 Å². The first kappa shape index (κ1) is 20.6. The van der Waals surface area contributed by atoms with Crippen LogP contribution in [0.4, 0.5) is 11.5 Å². The molecule has 0 spiro atoms. The summed E-state index contributed by atoms with van der Waals surface area (Å²) < 4.78 is 6.29. The lowest BCUT2D eigenvalue weighted by Gasteiger charge is -2.23. The van der Waals surface area contributed by atoms with Crippen molar-refractivity contribution in [1.82, 2.24) is 14.5 Å². The van der Waals surface area contributed by atoms with E-state index in [1.807, 2.05) is 19.2 Å². The van der Waals surface area contributed by atoms with E-state index in [1.165, 1.54) is 34.0 Å². The number of anilines is 2. The van der Waals surface area contributed by atoms with E-state index < -0.39 is 17.2 Å². The number of carbonyl (C=O) groups excluding carboxylic acids is 1. The first-order valence-corrected chi connectivity index (χ1v) is 9.30. The van der Waals surface area contributed by atoms with E-state index in [-0.39, 0.29) is 24.7 Å². The van der Waals surface area contributed by atoms with Gasteiger partial charge in [0.05, 0.1) is 17.3 Å². The van der Waals surface area contributed by atoms with Crippen molar-refractivity contribution < 1.29 is 9.53 Å². The Bertz CT molecular complexity index is 944. The average Bonchev–Trinajstić information content (AvgIpc) is 3.04. The van der Waals surface area contributed by atoms with Crippen LogP contribution in [0.25, 0.3) is 6.08 Å². The molecule has 0 aliphatic heterocycles. The Kier molecular flexibility index (Phi) is 7.08. The van der Waals surface area contributed by atoms with Gasteiger partial charge in [-0.1, -0.05) is 6.92 Å². The van der Waals surface area contributed by atoms with Crippen molar-refractivity contribution in [3.63, 3.8) is 0 Å². The van der Waals surface area contributed by atoms with Gasteiger partial charge in [0.25, 0.3) is 11.5 Å². The minimum Gasteiger partial charge on any atom is -0.383 e. The van der Waals surface area contributed by atoms with Crippen molar-refractivity contribution in [3.8, 4) is 0 Å². The Morgan fingerprint density at radius 3 is 2.81 bits per heavy atom. The first-order chi connectivity index (χ1) is 12.9. The lowest BCUT2D eigenvalue weighted by Crippen LogP contribution is -2.42. The number of aryl methyl sites for hydroxylation is 1. The number of carbonyl (C=O) groups is 1. The summed E-state index contributed by atoms with van der Waals surface area (Å²) in [5.41, 5.74) is 5.33. The summed E-state index contributed by atoms with van der Waals surface area (Å²) in [6.45, 7) is 4.37. The fraction of sp³-hybridized carbons (Fsp3) is 0.412. The SMILES string of the molecule is CCCn1c(N)c(N(CCOC)C(=O)/C=C/c2csc(C)n2)c(=O)[nH]c1=O. The number of nitrogens with zero attached hydrogens (tertiary/aromatic N) is 3. The second-order valence-corrected chi connectivity index (χ2v) is 6.81. The van der Waals surface area contributed by atoms with E-state index in [2.05, 4.69) is 9.97 Å². The number of nitrogen functional groups attached to an aromatic ring is 1. The molecule has 0 radical (unpaired) electrons. The molecule has 2 heterocycles.